The molecule has 2 atom stereocenters. The Morgan fingerprint density at radius 2 is 2.09 bits per heavy atom. The standard InChI is InChI=1S/C22H22BrN7O2/c1-22(20(31)24-2)9-7-14(11-22)26-21-25-12-16-18(23)28-30(19(16)27-21)15-5-3-13(4-6-15)17-8-10-32-29-17/h3-6,8,10,12,14H,7,9,11H2,1-2H3,(H,24,31)(H,25,26,27)/t14-,22-/m1/s1. The first-order valence-corrected chi connectivity index (χ1v) is 11.2. The summed E-state index contributed by atoms with van der Waals surface area (Å²) in [6.45, 7) is 2.01. The summed E-state index contributed by atoms with van der Waals surface area (Å²) < 4.78 is 7.38. The van der Waals surface area contributed by atoms with Crippen LogP contribution in [-0.4, -0.2) is 43.9 Å². The van der Waals surface area contributed by atoms with Crippen molar-refractivity contribution < 1.29 is 9.32 Å². The summed E-state index contributed by atoms with van der Waals surface area (Å²) in [5, 5.41) is 15.6. The maximum absolute atomic E-state index is 12.2. The molecule has 4 aromatic rings. The van der Waals surface area contributed by atoms with Gasteiger partial charge in [-0.1, -0.05) is 24.2 Å². The van der Waals surface area contributed by atoms with Crippen LogP contribution in [0.1, 0.15) is 26.2 Å². The maximum Gasteiger partial charge on any atom is 0.225 e. The van der Waals surface area contributed by atoms with Crippen LogP contribution in [0, 0.1) is 5.41 Å². The molecule has 9 nitrogen and oxygen atoms in total. The lowest BCUT2D eigenvalue weighted by Gasteiger charge is -2.22. The first-order valence-electron chi connectivity index (χ1n) is 10.4. The van der Waals surface area contributed by atoms with Crippen LogP contribution in [0.2, 0.25) is 0 Å². The molecule has 5 rings (SSSR count). The van der Waals surface area contributed by atoms with Crippen molar-refractivity contribution in [2.75, 3.05) is 12.4 Å². The zero-order chi connectivity index (χ0) is 22.3. The molecule has 3 heterocycles. The van der Waals surface area contributed by atoms with E-state index in [1.807, 2.05) is 37.3 Å². The van der Waals surface area contributed by atoms with E-state index in [9.17, 15) is 4.79 Å². The number of amides is 1. The van der Waals surface area contributed by atoms with Gasteiger partial charge in [0.1, 0.15) is 16.6 Å². The van der Waals surface area contributed by atoms with Gasteiger partial charge in [0.25, 0.3) is 0 Å². The first-order chi connectivity index (χ1) is 15.5. The lowest BCUT2D eigenvalue weighted by atomic mass is 9.87. The molecule has 0 aliphatic heterocycles. The van der Waals surface area contributed by atoms with Crippen molar-refractivity contribution in [3.05, 3.63) is 47.4 Å². The zero-order valence-electron chi connectivity index (χ0n) is 17.7. The molecule has 3 aromatic heterocycles. The fourth-order valence-corrected chi connectivity index (χ4v) is 4.75. The molecule has 164 valence electrons. The van der Waals surface area contributed by atoms with Crippen molar-refractivity contribution in [3.8, 4) is 16.9 Å². The van der Waals surface area contributed by atoms with E-state index in [1.54, 1.807) is 24.2 Å². The molecule has 0 saturated heterocycles. The highest BCUT2D eigenvalue weighted by Gasteiger charge is 2.40. The van der Waals surface area contributed by atoms with E-state index in [2.05, 4.69) is 41.8 Å². The normalized spacial score (nSPS) is 20.5. The number of fused-ring (bicyclic) bond motifs is 1. The monoisotopic (exact) mass is 495 g/mol. The van der Waals surface area contributed by atoms with Gasteiger partial charge in [0.2, 0.25) is 11.9 Å². The predicted octanol–water partition coefficient (Wildman–Crippen LogP) is 3.95. The third kappa shape index (κ3) is 3.64. The minimum atomic E-state index is -0.368. The predicted molar refractivity (Wildman–Crippen MR) is 123 cm³/mol. The smallest absolute Gasteiger partial charge is 0.225 e. The Hall–Kier alpha value is -3.27. The molecular weight excluding hydrogens is 474 g/mol. The molecule has 0 radical (unpaired) electrons. The van der Waals surface area contributed by atoms with Gasteiger partial charge in [0, 0.05) is 36.3 Å². The largest absolute Gasteiger partial charge is 0.364 e. The molecule has 1 amide bonds. The van der Waals surface area contributed by atoms with Gasteiger partial charge < -0.3 is 15.2 Å². The Kier molecular flexibility index (Phi) is 5.16. The molecule has 1 aromatic carbocycles. The maximum atomic E-state index is 12.2. The number of benzene rings is 1. The van der Waals surface area contributed by atoms with Crippen LogP contribution in [0.25, 0.3) is 28.0 Å². The highest BCUT2D eigenvalue weighted by molar-refractivity contribution is 9.10. The number of halogens is 1. The highest BCUT2D eigenvalue weighted by atomic mass is 79.9. The van der Waals surface area contributed by atoms with Crippen LogP contribution < -0.4 is 10.6 Å². The molecule has 0 unspecified atom stereocenters. The van der Waals surface area contributed by atoms with Gasteiger partial charge in [-0.2, -0.15) is 10.1 Å². The van der Waals surface area contributed by atoms with Crippen LogP contribution in [-0.2, 0) is 4.79 Å². The van der Waals surface area contributed by atoms with Crippen LogP contribution in [0.15, 0.2) is 51.9 Å². The van der Waals surface area contributed by atoms with Crippen LogP contribution >= 0.6 is 15.9 Å². The van der Waals surface area contributed by atoms with E-state index < -0.39 is 0 Å². The summed E-state index contributed by atoms with van der Waals surface area (Å²) in [6, 6.07) is 9.81. The molecule has 2 N–H and O–H groups in total. The second-order valence-electron chi connectivity index (χ2n) is 8.29. The number of nitrogens with zero attached hydrogens (tertiary/aromatic N) is 5. The van der Waals surface area contributed by atoms with Gasteiger partial charge in [-0.25, -0.2) is 9.67 Å². The molecule has 1 fully saturated rings. The molecule has 32 heavy (non-hydrogen) atoms. The molecule has 0 spiro atoms. The second-order valence-corrected chi connectivity index (χ2v) is 9.04. The van der Waals surface area contributed by atoms with Crippen LogP contribution in [0.3, 0.4) is 0 Å². The van der Waals surface area contributed by atoms with E-state index in [-0.39, 0.29) is 17.4 Å². The lowest BCUT2D eigenvalue weighted by Crippen LogP contribution is -2.35. The van der Waals surface area contributed by atoms with E-state index in [0.717, 1.165) is 41.6 Å². The Morgan fingerprint density at radius 1 is 1.28 bits per heavy atom. The lowest BCUT2D eigenvalue weighted by molar-refractivity contribution is -0.129. The number of rotatable bonds is 5. The van der Waals surface area contributed by atoms with Gasteiger partial charge in [0.15, 0.2) is 5.65 Å². The Morgan fingerprint density at radius 3 is 2.81 bits per heavy atom. The summed E-state index contributed by atoms with van der Waals surface area (Å²) in [5.74, 6) is 0.603. The fourth-order valence-electron chi connectivity index (χ4n) is 4.31. The summed E-state index contributed by atoms with van der Waals surface area (Å²) in [4.78, 5) is 21.4. The molecular formula is C22H22BrN7O2. The number of aromatic nitrogens is 5. The average molecular weight is 496 g/mol. The van der Waals surface area contributed by atoms with E-state index in [0.29, 0.717) is 16.2 Å². The summed E-state index contributed by atoms with van der Waals surface area (Å²) in [7, 11) is 1.68. The van der Waals surface area contributed by atoms with Gasteiger partial charge in [-0.15, -0.1) is 0 Å². The number of hydrogen-bond donors (Lipinski definition) is 2. The summed E-state index contributed by atoms with van der Waals surface area (Å²) in [5.41, 5.74) is 2.92. The Labute approximate surface area is 192 Å². The van der Waals surface area contributed by atoms with E-state index in [1.165, 1.54) is 0 Å². The van der Waals surface area contributed by atoms with Crippen molar-refractivity contribution in [1.82, 2.24) is 30.2 Å². The van der Waals surface area contributed by atoms with Gasteiger partial charge in [0.05, 0.1) is 11.1 Å². The fraction of sp³-hybridized carbons (Fsp3) is 0.318. The molecule has 1 aliphatic carbocycles. The topological polar surface area (TPSA) is 111 Å². The Balaban J connectivity index is 1.42. The van der Waals surface area contributed by atoms with Gasteiger partial charge >= 0.3 is 0 Å². The molecule has 1 aliphatic rings. The van der Waals surface area contributed by atoms with Gasteiger partial charge in [-0.05, 0) is 47.3 Å². The Bertz CT molecular complexity index is 1270. The minimum absolute atomic E-state index is 0.0780. The van der Waals surface area contributed by atoms with Crippen molar-refractivity contribution in [1.29, 1.82) is 0 Å². The first kappa shape index (κ1) is 20.6. The minimum Gasteiger partial charge on any atom is -0.364 e. The van der Waals surface area contributed by atoms with Gasteiger partial charge in [-0.3, -0.25) is 4.79 Å². The average Bonchev–Trinajstić information content (AvgIpc) is 3.54. The van der Waals surface area contributed by atoms with Crippen LogP contribution in [0.4, 0.5) is 5.95 Å². The van der Waals surface area contributed by atoms with E-state index in [4.69, 9.17) is 9.51 Å². The number of nitrogens with one attached hydrogen (secondary N) is 2. The van der Waals surface area contributed by atoms with Crippen LogP contribution in [0.5, 0.6) is 0 Å². The SMILES string of the molecule is CNC(=O)[C@]1(C)CC[C@@H](Nc2ncc3c(Br)nn(-c4ccc(-c5ccon5)cc4)c3n2)C1. The number of carbonyl (C=O) groups is 1. The van der Waals surface area contributed by atoms with Crippen molar-refractivity contribution in [3.63, 3.8) is 0 Å². The highest BCUT2D eigenvalue weighted by Crippen LogP contribution is 2.39. The molecule has 0 bridgehead atoms. The molecule has 1 saturated carbocycles. The molecule has 10 heteroatoms. The third-order valence-electron chi connectivity index (χ3n) is 6.07. The van der Waals surface area contributed by atoms with Crippen molar-refractivity contribution >= 4 is 38.8 Å². The number of anilines is 1. The van der Waals surface area contributed by atoms with Crippen molar-refractivity contribution in [2.45, 2.75) is 32.2 Å². The number of carbonyl (C=O) groups excluding carboxylic acids is 1. The zero-order valence-corrected chi connectivity index (χ0v) is 19.3. The number of hydrogen-bond acceptors (Lipinski definition) is 7. The summed E-state index contributed by atoms with van der Waals surface area (Å²) >= 11 is 3.51. The quantitative estimate of drug-likeness (QED) is 0.431. The third-order valence-corrected chi connectivity index (χ3v) is 6.66. The summed E-state index contributed by atoms with van der Waals surface area (Å²) in [6.07, 6.45) is 5.76. The van der Waals surface area contributed by atoms with E-state index >= 15 is 0 Å². The van der Waals surface area contributed by atoms with Crippen molar-refractivity contribution in [2.24, 2.45) is 5.41 Å². The second kappa shape index (κ2) is 8.01.